The first kappa shape index (κ1) is 12.5. The summed E-state index contributed by atoms with van der Waals surface area (Å²) in [5.41, 5.74) is 2.00. The third-order valence-corrected chi connectivity index (χ3v) is 4.10. The second-order valence-electron chi connectivity index (χ2n) is 5.55. The van der Waals surface area contributed by atoms with Crippen LogP contribution in [0.5, 0.6) is 11.5 Å². The van der Waals surface area contributed by atoms with Gasteiger partial charge in [-0.1, -0.05) is 24.3 Å². The highest BCUT2D eigenvalue weighted by atomic mass is 16.5. The van der Waals surface area contributed by atoms with Crippen molar-refractivity contribution in [2.75, 3.05) is 13.1 Å². The minimum absolute atomic E-state index is 0.831. The summed E-state index contributed by atoms with van der Waals surface area (Å²) in [7, 11) is 0. The van der Waals surface area contributed by atoms with E-state index < -0.39 is 0 Å². The Hall–Kier alpha value is -2.29. The van der Waals surface area contributed by atoms with Gasteiger partial charge in [0.1, 0.15) is 17.3 Å². The van der Waals surface area contributed by atoms with Gasteiger partial charge in [-0.3, -0.25) is 0 Å². The van der Waals surface area contributed by atoms with Crippen LogP contribution in [0.2, 0.25) is 0 Å². The zero-order valence-electron chi connectivity index (χ0n) is 12.0. The molecule has 0 aromatic heterocycles. The lowest BCUT2D eigenvalue weighted by Gasteiger charge is -2.29. The Kier molecular flexibility index (Phi) is 3.11. The van der Waals surface area contributed by atoms with Crippen LogP contribution < -0.4 is 4.74 Å². The van der Waals surface area contributed by atoms with Crippen LogP contribution in [0.4, 0.5) is 5.69 Å². The number of rotatable bonds is 0. The standard InChI is InChI=1S/C18H18N2O/c1-6-12-20(13-7-1)18-14-8-2-4-10-16(14)21-17-11-5-3-9-15(17)19-18/h2-5,8-11H,1,6-7,12-13H2. The van der Waals surface area contributed by atoms with Crippen molar-refractivity contribution in [3.63, 3.8) is 0 Å². The van der Waals surface area contributed by atoms with E-state index in [1.165, 1.54) is 19.3 Å². The van der Waals surface area contributed by atoms with Gasteiger partial charge in [-0.15, -0.1) is 0 Å². The third kappa shape index (κ3) is 2.29. The highest BCUT2D eigenvalue weighted by Gasteiger charge is 2.23. The largest absolute Gasteiger partial charge is 0.454 e. The fraction of sp³-hybridized carbons (Fsp3) is 0.278. The zero-order valence-corrected chi connectivity index (χ0v) is 12.0. The number of hydrogen-bond donors (Lipinski definition) is 0. The number of benzene rings is 2. The predicted octanol–water partition coefficient (Wildman–Crippen LogP) is 4.36. The van der Waals surface area contributed by atoms with E-state index in [2.05, 4.69) is 17.0 Å². The van der Waals surface area contributed by atoms with E-state index in [0.29, 0.717) is 0 Å². The van der Waals surface area contributed by atoms with Gasteiger partial charge in [-0.05, 0) is 43.5 Å². The normalized spacial score (nSPS) is 17.1. The molecule has 0 N–H and O–H groups in total. The summed E-state index contributed by atoms with van der Waals surface area (Å²) >= 11 is 0. The van der Waals surface area contributed by atoms with Crippen molar-refractivity contribution in [1.29, 1.82) is 0 Å². The third-order valence-electron chi connectivity index (χ3n) is 4.10. The molecule has 2 heterocycles. The van der Waals surface area contributed by atoms with Crippen molar-refractivity contribution in [2.45, 2.75) is 19.3 Å². The number of hydrogen-bond acceptors (Lipinski definition) is 3. The maximum atomic E-state index is 6.08. The summed E-state index contributed by atoms with van der Waals surface area (Å²) < 4.78 is 6.08. The number of fused-ring (bicyclic) bond motifs is 2. The van der Waals surface area contributed by atoms with Crippen LogP contribution >= 0.6 is 0 Å². The summed E-state index contributed by atoms with van der Waals surface area (Å²) in [6.45, 7) is 2.16. The first-order valence-corrected chi connectivity index (χ1v) is 7.62. The minimum atomic E-state index is 0.831. The van der Waals surface area contributed by atoms with Gasteiger partial charge >= 0.3 is 0 Å². The lowest BCUT2D eigenvalue weighted by Crippen LogP contribution is -2.36. The molecule has 1 fully saturated rings. The second-order valence-corrected chi connectivity index (χ2v) is 5.55. The fourth-order valence-electron chi connectivity index (χ4n) is 3.02. The first-order valence-electron chi connectivity index (χ1n) is 7.62. The van der Waals surface area contributed by atoms with E-state index in [9.17, 15) is 0 Å². The summed E-state index contributed by atoms with van der Waals surface area (Å²) in [5, 5.41) is 0. The van der Waals surface area contributed by atoms with Crippen molar-refractivity contribution >= 4 is 11.5 Å². The molecule has 0 aliphatic carbocycles. The summed E-state index contributed by atoms with van der Waals surface area (Å²) in [4.78, 5) is 7.32. The molecule has 3 nitrogen and oxygen atoms in total. The van der Waals surface area contributed by atoms with E-state index in [-0.39, 0.29) is 0 Å². The van der Waals surface area contributed by atoms with Crippen molar-refractivity contribution in [3.05, 3.63) is 54.1 Å². The summed E-state index contributed by atoms with van der Waals surface area (Å²) in [6.07, 6.45) is 3.80. The van der Waals surface area contributed by atoms with Gasteiger partial charge in [0.15, 0.2) is 5.75 Å². The molecule has 0 spiro atoms. The van der Waals surface area contributed by atoms with Crippen LogP contribution in [-0.2, 0) is 0 Å². The van der Waals surface area contributed by atoms with Crippen LogP contribution in [0, 0.1) is 0 Å². The van der Waals surface area contributed by atoms with Crippen LogP contribution in [0.3, 0.4) is 0 Å². The zero-order chi connectivity index (χ0) is 14.1. The molecule has 0 atom stereocenters. The molecule has 4 rings (SSSR count). The van der Waals surface area contributed by atoms with Crippen molar-refractivity contribution in [3.8, 4) is 11.5 Å². The van der Waals surface area contributed by atoms with Gasteiger partial charge in [-0.25, -0.2) is 4.99 Å². The fourth-order valence-corrected chi connectivity index (χ4v) is 3.02. The average Bonchev–Trinajstić information content (AvgIpc) is 2.72. The Labute approximate surface area is 124 Å². The molecule has 2 aliphatic heterocycles. The lowest BCUT2D eigenvalue weighted by molar-refractivity contribution is 0.342. The van der Waals surface area contributed by atoms with E-state index >= 15 is 0 Å². The van der Waals surface area contributed by atoms with Crippen molar-refractivity contribution in [2.24, 2.45) is 4.99 Å². The topological polar surface area (TPSA) is 24.8 Å². The first-order chi connectivity index (χ1) is 10.4. The minimum Gasteiger partial charge on any atom is -0.454 e. The van der Waals surface area contributed by atoms with Crippen LogP contribution in [-0.4, -0.2) is 23.8 Å². The molecule has 0 unspecified atom stereocenters. The molecular formula is C18H18N2O. The van der Waals surface area contributed by atoms with E-state index in [1.807, 2.05) is 36.4 Å². The molecule has 2 aromatic carbocycles. The second kappa shape index (κ2) is 5.24. The number of piperidine rings is 1. The lowest BCUT2D eigenvalue weighted by atomic mass is 10.1. The van der Waals surface area contributed by atoms with Crippen LogP contribution in [0.15, 0.2) is 53.5 Å². The Morgan fingerprint density at radius 3 is 2.38 bits per heavy atom. The molecular weight excluding hydrogens is 260 g/mol. The van der Waals surface area contributed by atoms with E-state index in [0.717, 1.165) is 41.7 Å². The smallest absolute Gasteiger partial charge is 0.153 e. The quantitative estimate of drug-likeness (QED) is 0.715. The number of para-hydroxylation sites is 3. The molecule has 2 aromatic rings. The molecule has 1 saturated heterocycles. The molecule has 0 bridgehead atoms. The Bertz CT molecular complexity index is 687. The molecule has 2 aliphatic rings. The SMILES string of the molecule is c1ccc2c(c1)N=C(N1CCCCC1)c1ccccc1O2. The maximum Gasteiger partial charge on any atom is 0.153 e. The number of aliphatic imine (C=N–C) groups is 1. The van der Waals surface area contributed by atoms with Crippen molar-refractivity contribution in [1.82, 2.24) is 4.90 Å². The maximum absolute atomic E-state index is 6.08. The predicted molar refractivity (Wildman–Crippen MR) is 84.6 cm³/mol. The molecule has 0 radical (unpaired) electrons. The van der Waals surface area contributed by atoms with Gasteiger partial charge in [0.25, 0.3) is 0 Å². The highest BCUT2D eigenvalue weighted by molar-refractivity contribution is 6.03. The van der Waals surface area contributed by atoms with Crippen molar-refractivity contribution < 1.29 is 4.74 Å². The average molecular weight is 278 g/mol. The molecule has 0 amide bonds. The van der Waals surface area contributed by atoms with Crippen LogP contribution in [0.25, 0.3) is 0 Å². The van der Waals surface area contributed by atoms with Gasteiger partial charge in [-0.2, -0.15) is 0 Å². The molecule has 106 valence electrons. The Morgan fingerprint density at radius 2 is 1.52 bits per heavy atom. The number of likely N-dealkylation sites (tertiary alicyclic amines) is 1. The molecule has 3 heteroatoms. The van der Waals surface area contributed by atoms with Gasteiger partial charge in [0.05, 0.1) is 5.56 Å². The van der Waals surface area contributed by atoms with Gasteiger partial charge in [0, 0.05) is 13.1 Å². The Balaban J connectivity index is 1.87. The van der Waals surface area contributed by atoms with E-state index in [4.69, 9.17) is 9.73 Å². The van der Waals surface area contributed by atoms with E-state index in [1.54, 1.807) is 0 Å². The summed E-state index contributed by atoms with van der Waals surface area (Å²) in [5.74, 6) is 2.78. The number of ether oxygens (including phenoxy) is 1. The number of nitrogens with zero attached hydrogens (tertiary/aromatic N) is 2. The van der Waals surface area contributed by atoms with Gasteiger partial charge in [0.2, 0.25) is 0 Å². The molecule has 0 saturated carbocycles. The monoisotopic (exact) mass is 278 g/mol. The van der Waals surface area contributed by atoms with Crippen LogP contribution in [0.1, 0.15) is 24.8 Å². The Morgan fingerprint density at radius 1 is 0.810 bits per heavy atom. The van der Waals surface area contributed by atoms with Gasteiger partial charge < -0.3 is 9.64 Å². The number of amidine groups is 1. The highest BCUT2D eigenvalue weighted by Crippen LogP contribution is 2.38. The summed E-state index contributed by atoms with van der Waals surface area (Å²) in [6, 6.07) is 16.2. The molecule has 21 heavy (non-hydrogen) atoms.